The molecule has 0 saturated heterocycles. The fourth-order valence-corrected chi connectivity index (χ4v) is 1.93. The molecule has 0 amide bonds. The lowest BCUT2D eigenvalue weighted by Gasteiger charge is -2.11. The van der Waals surface area contributed by atoms with E-state index in [1.807, 2.05) is 0 Å². The van der Waals surface area contributed by atoms with Crippen LogP contribution in [0.1, 0.15) is 10.5 Å². The van der Waals surface area contributed by atoms with E-state index in [-0.39, 0.29) is 5.69 Å². The number of ether oxygens (including phenoxy) is 2. The largest absolute Gasteiger partial charge is 0.493 e. The second kappa shape index (κ2) is 5.56. The quantitative estimate of drug-likeness (QED) is 0.351. The summed E-state index contributed by atoms with van der Waals surface area (Å²) in [6.45, 7) is 0. The Labute approximate surface area is 119 Å². The highest BCUT2D eigenvalue weighted by Crippen LogP contribution is 2.30. The molecule has 0 fully saturated rings. The highest BCUT2D eigenvalue weighted by Gasteiger charge is 2.19. The Balaban J connectivity index is 2.84. The molecule has 8 heteroatoms. The molecule has 1 heterocycles. The van der Waals surface area contributed by atoms with Crippen LogP contribution in [0.4, 0.5) is 0 Å². The van der Waals surface area contributed by atoms with Crippen molar-refractivity contribution >= 4 is 23.0 Å². The second-order valence-corrected chi connectivity index (χ2v) is 4.13. The first-order valence-corrected chi connectivity index (χ1v) is 5.88. The molecule has 0 aliphatic carbocycles. The third-order valence-corrected chi connectivity index (χ3v) is 2.99. The molecule has 0 aliphatic rings. The Kier molecular flexibility index (Phi) is 3.82. The van der Waals surface area contributed by atoms with E-state index < -0.39 is 11.3 Å². The number of benzene rings is 1. The maximum Gasteiger partial charge on any atom is 0.329 e. The lowest BCUT2D eigenvalue weighted by molar-refractivity contribution is 0.00228. The fourth-order valence-electron chi connectivity index (χ4n) is 1.93. The van der Waals surface area contributed by atoms with E-state index in [0.29, 0.717) is 28.7 Å². The first-order chi connectivity index (χ1) is 10.0. The van der Waals surface area contributed by atoms with Crippen LogP contribution in [0, 0.1) is 0 Å². The van der Waals surface area contributed by atoms with E-state index in [2.05, 4.69) is 9.77 Å². The number of carbonyl (C=O) groups is 1. The molecule has 0 spiro atoms. The van der Waals surface area contributed by atoms with Crippen molar-refractivity contribution in [3.8, 4) is 11.5 Å². The lowest BCUT2D eigenvalue weighted by atomic mass is 10.2. The van der Waals surface area contributed by atoms with Crippen LogP contribution in [0.3, 0.4) is 0 Å². The molecule has 0 aliphatic heterocycles. The normalized spacial score (nSPS) is 10.0. The van der Waals surface area contributed by atoms with Gasteiger partial charge in [-0.1, -0.05) is 0 Å². The average molecular weight is 288 g/mol. The highest BCUT2D eigenvalue weighted by atomic mass is 16.5. The Morgan fingerprint density at radius 1 is 1.33 bits per heavy atom. The van der Waals surface area contributed by atoms with Crippen LogP contribution in [0.5, 0.6) is 11.5 Å². The van der Waals surface area contributed by atoms with Gasteiger partial charge in [-0.15, -0.1) is 0 Å². The zero-order chi connectivity index (χ0) is 15.6. The molecule has 2 rings (SSSR count). The minimum Gasteiger partial charge on any atom is -0.493 e. The summed E-state index contributed by atoms with van der Waals surface area (Å²) >= 11 is 0. The van der Waals surface area contributed by atoms with Crippen LogP contribution in [0.15, 0.2) is 16.9 Å². The Hall–Kier alpha value is -2.99. The molecule has 0 bridgehead atoms. The molecule has 0 unspecified atom stereocenters. The summed E-state index contributed by atoms with van der Waals surface area (Å²) in [5, 5.41) is 0. The molecule has 108 valence electrons. The van der Waals surface area contributed by atoms with E-state index in [9.17, 15) is 9.59 Å². The van der Waals surface area contributed by atoms with Crippen molar-refractivity contribution in [1.82, 2.24) is 9.55 Å². The second-order valence-electron chi connectivity index (χ2n) is 4.13. The number of Topliss-reactive ketones (excluding diaryl/α,β-unsaturated/α-hetero) is 1. The number of hydrogen-bond donors (Lipinski definition) is 0. The minimum absolute atomic E-state index is 0.338. The topological polar surface area (TPSA) is 107 Å². The van der Waals surface area contributed by atoms with Crippen LogP contribution >= 0.6 is 0 Å². The van der Waals surface area contributed by atoms with E-state index in [1.165, 1.54) is 25.8 Å². The number of methoxy groups -OCH3 is 2. The van der Waals surface area contributed by atoms with E-state index in [0.717, 1.165) is 0 Å². The molecule has 1 aromatic carbocycles. The maximum absolute atomic E-state index is 12.1. The van der Waals surface area contributed by atoms with E-state index in [4.69, 9.17) is 15.0 Å². The van der Waals surface area contributed by atoms with Gasteiger partial charge in [0.25, 0.3) is 11.3 Å². The number of aryl methyl sites for hydroxylation is 1. The molecule has 0 N–H and O–H groups in total. The van der Waals surface area contributed by atoms with Crippen molar-refractivity contribution in [2.45, 2.75) is 0 Å². The van der Waals surface area contributed by atoms with Gasteiger partial charge >= 0.3 is 6.21 Å². The molecular formula is C13H12N4O4. The van der Waals surface area contributed by atoms with Gasteiger partial charge in [-0.2, -0.15) is 4.79 Å². The van der Waals surface area contributed by atoms with Crippen molar-refractivity contribution in [3.63, 3.8) is 0 Å². The van der Waals surface area contributed by atoms with E-state index in [1.54, 1.807) is 12.1 Å². The monoisotopic (exact) mass is 288 g/mol. The van der Waals surface area contributed by atoms with Crippen molar-refractivity contribution < 1.29 is 19.1 Å². The van der Waals surface area contributed by atoms with Crippen molar-refractivity contribution in [2.75, 3.05) is 14.2 Å². The molecule has 8 nitrogen and oxygen atoms in total. The fraction of sp³-hybridized carbons (Fsp3) is 0.231. The molecule has 2 aromatic rings. The Morgan fingerprint density at radius 3 is 2.52 bits per heavy atom. The highest BCUT2D eigenvalue weighted by molar-refractivity contribution is 6.32. The van der Waals surface area contributed by atoms with Gasteiger partial charge in [-0.3, -0.25) is 9.59 Å². The molecule has 1 aromatic heterocycles. The van der Waals surface area contributed by atoms with Gasteiger partial charge in [0.05, 0.1) is 25.3 Å². The summed E-state index contributed by atoms with van der Waals surface area (Å²) in [7, 11) is 4.45. The Bertz CT molecular complexity index is 834. The van der Waals surface area contributed by atoms with Crippen LogP contribution < -0.4 is 15.0 Å². The number of rotatable bonds is 4. The van der Waals surface area contributed by atoms with Gasteiger partial charge in [0, 0.05) is 19.2 Å². The van der Waals surface area contributed by atoms with Crippen molar-refractivity contribution in [3.05, 3.63) is 33.7 Å². The number of aromatic nitrogens is 2. The van der Waals surface area contributed by atoms with Crippen LogP contribution in [0.2, 0.25) is 0 Å². The zero-order valence-electron chi connectivity index (χ0n) is 11.7. The summed E-state index contributed by atoms with van der Waals surface area (Å²) in [4.78, 5) is 30.4. The number of carbonyl (C=O) groups excluding carboxylic acids is 1. The summed E-state index contributed by atoms with van der Waals surface area (Å²) in [5.74, 6) is 0.0814. The van der Waals surface area contributed by atoms with Crippen molar-refractivity contribution in [1.29, 1.82) is 0 Å². The summed E-state index contributed by atoms with van der Waals surface area (Å²) < 4.78 is 11.6. The molecular weight excluding hydrogens is 276 g/mol. The molecule has 0 atom stereocenters. The third-order valence-electron chi connectivity index (χ3n) is 2.99. The predicted molar refractivity (Wildman–Crippen MR) is 74.1 cm³/mol. The molecule has 21 heavy (non-hydrogen) atoms. The number of fused-ring (bicyclic) bond motifs is 1. The standard InChI is InChI=1S/C13H12N4O4/c1-17-8-5-11(21-3)10(20-2)4-7(8)16-12(13(17)19)9(18)6-15-14/h4-6H,1-3H3. The molecule has 0 radical (unpaired) electrons. The van der Waals surface area contributed by atoms with Crippen LogP contribution in [0.25, 0.3) is 16.6 Å². The van der Waals surface area contributed by atoms with Gasteiger partial charge in [0.15, 0.2) is 17.2 Å². The SMILES string of the molecule is COc1cc2nc(C(=O)C=[N+]=[N-])c(=O)n(C)c2cc1OC. The third kappa shape index (κ3) is 2.39. The summed E-state index contributed by atoms with van der Waals surface area (Å²) in [6, 6.07) is 3.15. The zero-order valence-corrected chi connectivity index (χ0v) is 11.7. The number of nitrogens with zero attached hydrogens (tertiary/aromatic N) is 4. The average Bonchev–Trinajstić information content (AvgIpc) is 2.49. The van der Waals surface area contributed by atoms with Gasteiger partial charge in [0.1, 0.15) is 0 Å². The summed E-state index contributed by atoms with van der Waals surface area (Å²) in [5.41, 5.74) is 8.32. The van der Waals surface area contributed by atoms with Crippen LogP contribution in [-0.2, 0) is 7.05 Å². The maximum atomic E-state index is 12.1. The van der Waals surface area contributed by atoms with Gasteiger partial charge in [-0.05, 0) is 0 Å². The van der Waals surface area contributed by atoms with E-state index >= 15 is 0 Å². The number of ketones is 1. The predicted octanol–water partition coefficient (Wildman–Crippen LogP) is 0.434. The van der Waals surface area contributed by atoms with Gasteiger partial charge in [0.2, 0.25) is 0 Å². The molecule has 0 saturated carbocycles. The first kappa shape index (κ1) is 14.4. The van der Waals surface area contributed by atoms with Crippen LogP contribution in [-0.4, -0.2) is 40.6 Å². The van der Waals surface area contributed by atoms with Gasteiger partial charge < -0.3 is 19.6 Å². The first-order valence-electron chi connectivity index (χ1n) is 5.88. The van der Waals surface area contributed by atoms with Crippen molar-refractivity contribution in [2.24, 2.45) is 7.05 Å². The summed E-state index contributed by atoms with van der Waals surface area (Å²) in [6.07, 6.45) is 0.621. The minimum atomic E-state index is -0.783. The van der Waals surface area contributed by atoms with Gasteiger partial charge in [-0.25, -0.2) is 4.98 Å². The lowest BCUT2D eigenvalue weighted by Crippen LogP contribution is -2.27. The Morgan fingerprint density at radius 2 is 1.95 bits per heavy atom. The smallest absolute Gasteiger partial charge is 0.329 e. The number of hydrogen-bond acceptors (Lipinski definition) is 5.